The standard InChI is InChI=1S/C21H16ClNO3/c1-14-8-7-11-16(21(25)26)19(14)23(18-13-6-5-12-17(18)22)20(24)15-9-3-2-4-10-15/h2-13H,1H3,(H,25,26). The van der Waals surface area contributed by atoms with E-state index in [0.29, 0.717) is 27.5 Å². The van der Waals surface area contributed by atoms with Gasteiger partial charge in [0.1, 0.15) is 0 Å². The zero-order chi connectivity index (χ0) is 18.7. The van der Waals surface area contributed by atoms with Crippen LogP contribution in [-0.4, -0.2) is 17.0 Å². The van der Waals surface area contributed by atoms with Crippen molar-refractivity contribution in [3.63, 3.8) is 0 Å². The summed E-state index contributed by atoms with van der Waals surface area (Å²) in [6.45, 7) is 1.77. The van der Waals surface area contributed by atoms with E-state index >= 15 is 0 Å². The fourth-order valence-corrected chi connectivity index (χ4v) is 3.02. The highest BCUT2D eigenvalue weighted by Crippen LogP contribution is 2.37. The van der Waals surface area contributed by atoms with Crippen LogP contribution in [0.2, 0.25) is 5.02 Å². The maximum atomic E-state index is 13.3. The van der Waals surface area contributed by atoms with Crippen LogP contribution in [0.3, 0.4) is 0 Å². The minimum atomic E-state index is -1.11. The van der Waals surface area contributed by atoms with Crippen LogP contribution in [0.5, 0.6) is 0 Å². The molecule has 0 aliphatic carbocycles. The number of aromatic carboxylic acids is 1. The van der Waals surface area contributed by atoms with E-state index in [1.807, 2.05) is 6.07 Å². The third kappa shape index (κ3) is 3.32. The zero-order valence-corrected chi connectivity index (χ0v) is 14.8. The highest BCUT2D eigenvalue weighted by molar-refractivity contribution is 6.34. The van der Waals surface area contributed by atoms with Gasteiger partial charge in [-0.1, -0.05) is 54.1 Å². The zero-order valence-electron chi connectivity index (χ0n) is 14.0. The van der Waals surface area contributed by atoms with E-state index in [4.69, 9.17) is 11.6 Å². The lowest BCUT2D eigenvalue weighted by Gasteiger charge is -2.27. The predicted molar refractivity (Wildman–Crippen MR) is 103 cm³/mol. The second kappa shape index (κ2) is 7.42. The quantitative estimate of drug-likeness (QED) is 0.680. The van der Waals surface area contributed by atoms with Gasteiger partial charge in [-0.25, -0.2) is 4.79 Å². The molecule has 4 nitrogen and oxygen atoms in total. The Labute approximate surface area is 156 Å². The molecule has 0 unspecified atom stereocenters. The molecule has 1 N–H and O–H groups in total. The average molecular weight is 366 g/mol. The van der Waals surface area contributed by atoms with Gasteiger partial charge in [0.2, 0.25) is 0 Å². The number of carbonyl (C=O) groups excluding carboxylic acids is 1. The molecular weight excluding hydrogens is 350 g/mol. The molecule has 0 fully saturated rings. The second-order valence-electron chi connectivity index (χ2n) is 5.73. The molecule has 3 rings (SSSR count). The summed E-state index contributed by atoms with van der Waals surface area (Å²) in [6.07, 6.45) is 0. The van der Waals surface area contributed by atoms with Gasteiger partial charge in [-0.15, -0.1) is 0 Å². The van der Waals surface area contributed by atoms with Gasteiger partial charge in [0.05, 0.1) is 22.0 Å². The van der Waals surface area contributed by atoms with Gasteiger partial charge < -0.3 is 5.11 Å². The molecule has 26 heavy (non-hydrogen) atoms. The van der Waals surface area contributed by atoms with Gasteiger partial charge in [-0.3, -0.25) is 9.69 Å². The first-order chi connectivity index (χ1) is 12.5. The highest BCUT2D eigenvalue weighted by Gasteiger charge is 2.27. The maximum Gasteiger partial charge on any atom is 0.337 e. The van der Waals surface area contributed by atoms with E-state index < -0.39 is 5.97 Å². The molecule has 0 heterocycles. The first-order valence-electron chi connectivity index (χ1n) is 7.97. The Bertz CT molecular complexity index is 970. The largest absolute Gasteiger partial charge is 0.478 e. The van der Waals surface area contributed by atoms with Crippen molar-refractivity contribution < 1.29 is 14.7 Å². The summed E-state index contributed by atoms with van der Waals surface area (Å²) >= 11 is 6.34. The average Bonchev–Trinajstić information content (AvgIpc) is 2.65. The lowest BCUT2D eigenvalue weighted by atomic mass is 10.0. The lowest BCUT2D eigenvalue weighted by molar-refractivity contribution is 0.0697. The number of amides is 1. The van der Waals surface area contributed by atoms with Crippen LogP contribution < -0.4 is 4.90 Å². The molecule has 0 radical (unpaired) electrons. The number of carboxylic acids is 1. The second-order valence-corrected chi connectivity index (χ2v) is 6.14. The Morgan fingerprint density at radius 3 is 2.19 bits per heavy atom. The van der Waals surface area contributed by atoms with Crippen molar-refractivity contribution in [2.45, 2.75) is 6.92 Å². The van der Waals surface area contributed by atoms with Crippen LogP contribution in [0.25, 0.3) is 0 Å². The van der Waals surface area contributed by atoms with Crippen LogP contribution in [0.15, 0.2) is 72.8 Å². The van der Waals surface area contributed by atoms with Crippen molar-refractivity contribution in [2.75, 3.05) is 4.90 Å². The fourth-order valence-electron chi connectivity index (χ4n) is 2.80. The molecule has 130 valence electrons. The summed E-state index contributed by atoms with van der Waals surface area (Å²) in [7, 11) is 0. The Balaban J connectivity index is 2.29. The molecular formula is C21H16ClNO3. The third-order valence-electron chi connectivity index (χ3n) is 4.01. The number of anilines is 2. The van der Waals surface area contributed by atoms with Crippen molar-refractivity contribution in [1.82, 2.24) is 0 Å². The molecule has 0 bridgehead atoms. The van der Waals surface area contributed by atoms with Crippen molar-refractivity contribution in [3.8, 4) is 0 Å². The summed E-state index contributed by atoms with van der Waals surface area (Å²) in [5, 5.41) is 9.99. The predicted octanol–water partition coefficient (Wildman–Crippen LogP) is 5.33. The first kappa shape index (κ1) is 17.7. The number of aryl methyl sites for hydroxylation is 1. The van der Waals surface area contributed by atoms with Crippen LogP contribution in [0, 0.1) is 6.92 Å². The number of para-hydroxylation sites is 2. The smallest absolute Gasteiger partial charge is 0.337 e. The summed E-state index contributed by atoms with van der Waals surface area (Å²) in [5.74, 6) is -1.46. The summed E-state index contributed by atoms with van der Waals surface area (Å²) < 4.78 is 0. The first-order valence-corrected chi connectivity index (χ1v) is 8.35. The molecule has 0 atom stereocenters. The van der Waals surface area contributed by atoms with E-state index in [9.17, 15) is 14.7 Å². The molecule has 1 amide bonds. The monoisotopic (exact) mass is 365 g/mol. The van der Waals surface area contributed by atoms with Crippen LogP contribution in [0.4, 0.5) is 11.4 Å². The number of carbonyl (C=O) groups is 2. The van der Waals surface area contributed by atoms with Crippen LogP contribution >= 0.6 is 11.6 Å². The molecule has 0 saturated heterocycles. The van der Waals surface area contributed by atoms with Crippen molar-refractivity contribution >= 4 is 34.9 Å². The van der Waals surface area contributed by atoms with Crippen molar-refractivity contribution in [3.05, 3.63) is 94.5 Å². The Morgan fingerprint density at radius 2 is 1.54 bits per heavy atom. The third-order valence-corrected chi connectivity index (χ3v) is 4.33. The van der Waals surface area contributed by atoms with Gasteiger partial charge >= 0.3 is 5.97 Å². The molecule has 0 aromatic heterocycles. The molecule has 3 aromatic carbocycles. The molecule has 0 spiro atoms. The normalized spacial score (nSPS) is 10.4. The summed E-state index contributed by atoms with van der Waals surface area (Å²) in [5.41, 5.74) is 1.87. The van der Waals surface area contributed by atoms with E-state index in [-0.39, 0.29) is 11.5 Å². The Kier molecular flexibility index (Phi) is 5.05. The highest BCUT2D eigenvalue weighted by atomic mass is 35.5. The number of nitrogens with zero attached hydrogens (tertiary/aromatic N) is 1. The topological polar surface area (TPSA) is 57.6 Å². The molecule has 0 saturated carbocycles. The summed E-state index contributed by atoms with van der Waals surface area (Å²) in [4.78, 5) is 26.5. The number of hydrogen-bond donors (Lipinski definition) is 1. The van der Waals surface area contributed by atoms with E-state index in [1.165, 1.54) is 11.0 Å². The number of carboxylic acid groups (broad SMARTS) is 1. The number of benzene rings is 3. The van der Waals surface area contributed by atoms with Crippen LogP contribution in [-0.2, 0) is 0 Å². The van der Waals surface area contributed by atoms with Gasteiger partial charge in [-0.2, -0.15) is 0 Å². The van der Waals surface area contributed by atoms with Gasteiger partial charge in [0.15, 0.2) is 0 Å². The van der Waals surface area contributed by atoms with Crippen LogP contribution in [0.1, 0.15) is 26.3 Å². The van der Waals surface area contributed by atoms with Gasteiger partial charge in [-0.05, 0) is 42.8 Å². The number of hydrogen-bond acceptors (Lipinski definition) is 2. The van der Waals surface area contributed by atoms with E-state index in [2.05, 4.69) is 0 Å². The molecule has 0 aliphatic heterocycles. The molecule has 0 aliphatic rings. The lowest BCUT2D eigenvalue weighted by Crippen LogP contribution is -2.28. The Morgan fingerprint density at radius 1 is 0.885 bits per heavy atom. The minimum Gasteiger partial charge on any atom is -0.478 e. The Hall–Kier alpha value is -3.11. The van der Waals surface area contributed by atoms with Crippen molar-refractivity contribution in [1.29, 1.82) is 0 Å². The SMILES string of the molecule is Cc1cccc(C(=O)O)c1N(C(=O)c1ccccc1)c1ccccc1Cl. The van der Waals surface area contributed by atoms with Gasteiger partial charge in [0, 0.05) is 5.56 Å². The van der Waals surface area contributed by atoms with E-state index in [0.717, 1.165) is 0 Å². The molecule has 3 aromatic rings. The molecule has 5 heteroatoms. The summed E-state index contributed by atoms with van der Waals surface area (Å²) in [6, 6.07) is 20.5. The van der Waals surface area contributed by atoms with Gasteiger partial charge in [0.25, 0.3) is 5.91 Å². The van der Waals surface area contributed by atoms with E-state index in [1.54, 1.807) is 67.6 Å². The minimum absolute atomic E-state index is 0.0363. The number of halogens is 1. The van der Waals surface area contributed by atoms with Crippen molar-refractivity contribution in [2.24, 2.45) is 0 Å². The maximum absolute atomic E-state index is 13.3. The number of rotatable bonds is 4. The fraction of sp³-hybridized carbons (Fsp3) is 0.0476.